The number of anilines is 1. The number of piperazine rings is 1. The van der Waals surface area contributed by atoms with Crippen molar-refractivity contribution in [3.05, 3.63) is 24.0 Å². The summed E-state index contributed by atoms with van der Waals surface area (Å²) in [5.41, 5.74) is 7.66. The minimum atomic E-state index is 0.752. The second kappa shape index (κ2) is 4.59. The Kier molecular flexibility index (Phi) is 3.18. The van der Waals surface area contributed by atoms with E-state index in [4.69, 9.17) is 5.73 Å². The Labute approximate surface area is 90.7 Å². The number of nitrogens with zero attached hydrogens (tertiary/aromatic N) is 3. The highest BCUT2D eigenvalue weighted by Crippen LogP contribution is 2.09. The van der Waals surface area contributed by atoms with Crippen LogP contribution in [0.4, 0.5) is 5.69 Å². The van der Waals surface area contributed by atoms with Gasteiger partial charge in [0.05, 0.1) is 5.69 Å². The molecule has 1 fully saturated rings. The van der Waals surface area contributed by atoms with Gasteiger partial charge in [-0.2, -0.15) is 0 Å². The van der Waals surface area contributed by atoms with Gasteiger partial charge in [0.1, 0.15) is 0 Å². The van der Waals surface area contributed by atoms with Crippen molar-refractivity contribution in [2.24, 2.45) is 0 Å². The molecule has 2 heterocycles. The highest BCUT2D eigenvalue weighted by atomic mass is 15.2. The van der Waals surface area contributed by atoms with Gasteiger partial charge in [-0.3, -0.25) is 9.88 Å². The molecule has 4 nitrogen and oxygen atoms in total. The number of pyridine rings is 1. The van der Waals surface area contributed by atoms with Crippen LogP contribution in [-0.2, 0) is 6.54 Å². The average Bonchev–Trinajstić information content (AvgIpc) is 2.22. The molecule has 0 saturated carbocycles. The van der Waals surface area contributed by atoms with E-state index >= 15 is 0 Å². The van der Waals surface area contributed by atoms with Crippen LogP contribution in [0.5, 0.6) is 0 Å². The minimum Gasteiger partial charge on any atom is -0.397 e. The number of rotatable bonds is 2. The second-order valence-corrected chi connectivity index (χ2v) is 4.21. The zero-order chi connectivity index (χ0) is 10.7. The summed E-state index contributed by atoms with van der Waals surface area (Å²) in [4.78, 5) is 8.90. The van der Waals surface area contributed by atoms with Crippen LogP contribution in [0.1, 0.15) is 5.56 Å². The summed E-state index contributed by atoms with van der Waals surface area (Å²) in [5.74, 6) is 0. The van der Waals surface area contributed by atoms with Crippen molar-refractivity contribution in [2.75, 3.05) is 39.0 Å². The van der Waals surface area contributed by atoms with Gasteiger partial charge in [-0.15, -0.1) is 0 Å². The summed E-state index contributed by atoms with van der Waals surface area (Å²) in [6.45, 7) is 5.52. The van der Waals surface area contributed by atoms with Gasteiger partial charge in [0, 0.05) is 45.1 Å². The topological polar surface area (TPSA) is 45.4 Å². The summed E-state index contributed by atoms with van der Waals surface area (Å²) in [6.07, 6.45) is 3.59. The molecule has 0 amide bonds. The van der Waals surface area contributed by atoms with Crippen molar-refractivity contribution < 1.29 is 0 Å². The van der Waals surface area contributed by atoms with Gasteiger partial charge in [-0.05, 0) is 18.7 Å². The predicted octanol–water partition coefficient (Wildman–Crippen LogP) is 0.411. The molecule has 2 rings (SSSR count). The molecule has 2 N–H and O–H groups in total. The van der Waals surface area contributed by atoms with E-state index in [1.54, 1.807) is 6.20 Å². The number of nitrogens with two attached hydrogens (primary N) is 1. The Morgan fingerprint density at radius 3 is 2.67 bits per heavy atom. The Hall–Kier alpha value is -1.13. The molecule has 1 aromatic heterocycles. The van der Waals surface area contributed by atoms with Crippen molar-refractivity contribution in [2.45, 2.75) is 6.54 Å². The first kappa shape index (κ1) is 10.4. The molecule has 1 aliphatic heterocycles. The molecule has 0 unspecified atom stereocenters. The molecule has 0 atom stereocenters. The lowest BCUT2D eigenvalue weighted by molar-refractivity contribution is 0.148. The summed E-state index contributed by atoms with van der Waals surface area (Å²) < 4.78 is 0. The average molecular weight is 206 g/mol. The maximum atomic E-state index is 5.70. The molecular formula is C11H18N4. The van der Waals surface area contributed by atoms with E-state index in [9.17, 15) is 0 Å². The van der Waals surface area contributed by atoms with Crippen LogP contribution in [-0.4, -0.2) is 48.0 Å². The molecule has 1 aliphatic rings. The first-order valence-corrected chi connectivity index (χ1v) is 5.34. The zero-order valence-electron chi connectivity index (χ0n) is 9.19. The summed E-state index contributed by atoms with van der Waals surface area (Å²) in [6, 6.07) is 2.01. The van der Waals surface area contributed by atoms with Crippen LogP contribution < -0.4 is 5.73 Å². The van der Waals surface area contributed by atoms with Gasteiger partial charge in [-0.25, -0.2) is 0 Å². The van der Waals surface area contributed by atoms with Crippen LogP contribution in [0.3, 0.4) is 0 Å². The maximum Gasteiger partial charge on any atom is 0.0503 e. The summed E-state index contributed by atoms with van der Waals surface area (Å²) >= 11 is 0. The summed E-state index contributed by atoms with van der Waals surface area (Å²) in [5, 5.41) is 0. The fourth-order valence-electron chi connectivity index (χ4n) is 1.86. The Bertz CT molecular complexity index is 318. The summed E-state index contributed by atoms with van der Waals surface area (Å²) in [7, 11) is 2.17. The second-order valence-electron chi connectivity index (χ2n) is 4.21. The standard InChI is InChI=1S/C11H18N4/c1-14-2-4-15(5-3-14)9-10-6-11(12)8-13-7-10/h6-8H,2-5,9,12H2,1H3. The molecule has 0 spiro atoms. The lowest BCUT2D eigenvalue weighted by Crippen LogP contribution is -2.43. The Balaban J connectivity index is 1.92. The van der Waals surface area contributed by atoms with Gasteiger partial charge in [0.15, 0.2) is 0 Å². The predicted molar refractivity (Wildman–Crippen MR) is 61.4 cm³/mol. The van der Waals surface area contributed by atoms with Gasteiger partial charge in [0.25, 0.3) is 0 Å². The minimum absolute atomic E-state index is 0.752. The largest absolute Gasteiger partial charge is 0.397 e. The lowest BCUT2D eigenvalue weighted by atomic mass is 10.2. The molecular weight excluding hydrogens is 188 g/mol. The number of hydrogen-bond acceptors (Lipinski definition) is 4. The third-order valence-corrected chi connectivity index (χ3v) is 2.82. The fraction of sp³-hybridized carbons (Fsp3) is 0.545. The zero-order valence-corrected chi connectivity index (χ0v) is 9.19. The van der Waals surface area contributed by atoms with E-state index in [-0.39, 0.29) is 0 Å². The van der Waals surface area contributed by atoms with Crippen LogP contribution in [0.25, 0.3) is 0 Å². The molecule has 0 bridgehead atoms. The van der Waals surface area contributed by atoms with Crippen LogP contribution in [0.2, 0.25) is 0 Å². The molecule has 4 heteroatoms. The van der Waals surface area contributed by atoms with Gasteiger partial charge in [0.2, 0.25) is 0 Å². The normalized spacial score (nSPS) is 19.3. The molecule has 0 aromatic carbocycles. The first-order valence-electron chi connectivity index (χ1n) is 5.34. The van der Waals surface area contributed by atoms with Gasteiger partial charge >= 0.3 is 0 Å². The maximum absolute atomic E-state index is 5.70. The highest BCUT2D eigenvalue weighted by Gasteiger charge is 2.13. The molecule has 1 saturated heterocycles. The number of nitrogen functional groups attached to an aromatic ring is 1. The van der Waals surface area contributed by atoms with E-state index in [0.29, 0.717) is 0 Å². The van der Waals surface area contributed by atoms with Crippen LogP contribution in [0, 0.1) is 0 Å². The number of likely N-dealkylation sites (N-methyl/N-ethyl adjacent to an activating group) is 1. The van der Waals surface area contributed by atoms with E-state index < -0.39 is 0 Å². The molecule has 0 radical (unpaired) electrons. The van der Waals surface area contributed by atoms with Crippen molar-refractivity contribution in [3.63, 3.8) is 0 Å². The Morgan fingerprint density at radius 1 is 1.27 bits per heavy atom. The van der Waals surface area contributed by atoms with E-state index in [1.165, 1.54) is 5.56 Å². The van der Waals surface area contributed by atoms with Crippen molar-refractivity contribution in [1.29, 1.82) is 0 Å². The van der Waals surface area contributed by atoms with E-state index in [2.05, 4.69) is 21.8 Å². The number of aromatic nitrogens is 1. The molecule has 15 heavy (non-hydrogen) atoms. The van der Waals surface area contributed by atoms with Crippen LogP contribution in [0.15, 0.2) is 18.5 Å². The molecule has 0 aliphatic carbocycles. The molecule has 82 valence electrons. The lowest BCUT2D eigenvalue weighted by Gasteiger charge is -2.32. The van der Waals surface area contributed by atoms with Gasteiger partial charge in [-0.1, -0.05) is 0 Å². The van der Waals surface area contributed by atoms with E-state index in [0.717, 1.165) is 38.4 Å². The molecule has 1 aromatic rings. The van der Waals surface area contributed by atoms with Gasteiger partial charge < -0.3 is 10.6 Å². The third kappa shape index (κ3) is 2.91. The van der Waals surface area contributed by atoms with Crippen LogP contribution >= 0.6 is 0 Å². The monoisotopic (exact) mass is 206 g/mol. The van der Waals surface area contributed by atoms with E-state index in [1.807, 2.05) is 12.3 Å². The smallest absolute Gasteiger partial charge is 0.0503 e. The SMILES string of the molecule is CN1CCN(Cc2cncc(N)c2)CC1. The van der Waals surface area contributed by atoms with Crippen molar-refractivity contribution >= 4 is 5.69 Å². The first-order chi connectivity index (χ1) is 7.24. The van der Waals surface area contributed by atoms with Crippen molar-refractivity contribution in [3.8, 4) is 0 Å². The fourth-order valence-corrected chi connectivity index (χ4v) is 1.86. The Morgan fingerprint density at radius 2 is 2.00 bits per heavy atom. The third-order valence-electron chi connectivity index (χ3n) is 2.82. The quantitative estimate of drug-likeness (QED) is 0.761. The van der Waals surface area contributed by atoms with Crippen molar-refractivity contribution in [1.82, 2.24) is 14.8 Å². The number of hydrogen-bond donors (Lipinski definition) is 1. The highest BCUT2D eigenvalue weighted by molar-refractivity contribution is 5.36.